The van der Waals surface area contributed by atoms with E-state index >= 15 is 0 Å². The number of sulfonamides is 1. The molecule has 26 heavy (non-hydrogen) atoms. The number of rotatable bonds is 5. The van der Waals surface area contributed by atoms with E-state index in [0.29, 0.717) is 31.8 Å². The summed E-state index contributed by atoms with van der Waals surface area (Å²) in [6.07, 6.45) is 0.589. The number of nitrogens with zero attached hydrogens (tertiary/aromatic N) is 2. The molecule has 0 aromatic heterocycles. The second-order valence-corrected chi connectivity index (χ2v) is 8.47. The number of nitrogens with two attached hydrogens (primary N) is 1. The Morgan fingerprint density at radius 2 is 1.73 bits per heavy atom. The maximum absolute atomic E-state index is 12.8. The first-order valence-electron chi connectivity index (χ1n) is 8.46. The lowest BCUT2D eigenvalue weighted by molar-refractivity contribution is -0.133. The first kappa shape index (κ1) is 22.7. The first-order valence-corrected chi connectivity index (χ1v) is 9.90. The highest BCUT2D eigenvalue weighted by Gasteiger charge is 2.30. The molecule has 1 amide bonds. The van der Waals surface area contributed by atoms with E-state index in [-0.39, 0.29) is 35.7 Å². The van der Waals surface area contributed by atoms with Gasteiger partial charge in [0, 0.05) is 26.2 Å². The third kappa shape index (κ3) is 5.09. The van der Waals surface area contributed by atoms with Crippen LogP contribution in [0.15, 0.2) is 29.2 Å². The minimum absolute atomic E-state index is 0. The van der Waals surface area contributed by atoms with Gasteiger partial charge in [-0.2, -0.15) is 4.31 Å². The van der Waals surface area contributed by atoms with Crippen molar-refractivity contribution in [3.05, 3.63) is 24.3 Å². The average Bonchev–Trinajstić information content (AvgIpc) is 2.87. The van der Waals surface area contributed by atoms with Crippen molar-refractivity contribution in [2.75, 3.05) is 33.3 Å². The molecule has 1 atom stereocenters. The molecular weight excluding hydrogens is 378 g/mol. The number of ether oxygens (including phenoxy) is 1. The molecule has 148 valence electrons. The quantitative estimate of drug-likeness (QED) is 0.797. The van der Waals surface area contributed by atoms with Gasteiger partial charge >= 0.3 is 0 Å². The van der Waals surface area contributed by atoms with E-state index in [1.54, 1.807) is 17.0 Å². The minimum Gasteiger partial charge on any atom is -0.497 e. The molecule has 1 aromatic carbocycles. The van der Waals surface area contributed by atoms with Gasteiger partial charge < -0.3 is 15.4 Å². The molecule has 2 rings (SSSR count). The maximum Gasteiger partial charge on any atom is 0.243 e. The highest BCUT2D eigenvalue weighted by Crippen LogP contribution is 2.21. The van der Waals surface area contributed by atoms with Crippen molar-refractivity contribution in [3.8, 4) is 5.75 Å². The van der Waals surface area contributed by atoms with Gasteiger partial charge in [0.05, 0.1) is 18.0 Å². The zero-order valence-electron chi connectivity index (χ0n) is 15.4. The van der Waals surface area contributed by atoms with Crippen LogP contribution in [-0.4, -0.2) is 62.9 Å². The molecule has 1 aliphatic rings. The molecule has 1 saturated heterocycles. The zero-order chi connectivity index (χ0) is 18.6. The van der Waals surface area contributed by atoms with Crippen molar-refractivity contribution in [1.82, 2.24) is 9.21 Å². The molecule has 0 radical (unpaired) electrons. The van der Waals surface area contributed by atoms with E-state index in [9.17, 15) is 13.2 Å². The smallest absolute Gasteiger partial charge is 0.243 e. The maximum atomic E-state index is 12.8. The van der Waals surface area contributed by atoms with Crippen LogP contribution in [0, 0.1) is 5.92 Å². The van der Waals surface area contributed by atoms with Crippen LogP contribution in [0.3, 0.4) is 0 Å². The third-order valence-electron chi connectivity index (χ3n) is 4.47. The van der Waals surface area contributed by atoms with Gasteiger partial charge in [-0.15, -0.1) is 12.4 Å². The summed E-state index contributed by atoms with van der Waals surface area (Å²) in [5.74, 6) is 0.544. The van der Waals surface area contributed by atoms with Crippen molar-refractivity contribution < 1.29 is 17.9 Å². The van der Waals surface area contributed by atoms with E-state index in [2.05, 4.69) is 0 Å². The molecule has 1 fully saturated rings. The topological polar surface area (TPSA) is 92.9 Å². The molecule has 1 heterocycles. The van der Waals surface area contributed by atoms with Crippen LogP contribution in [0.25, 0.3) is 0 Å². The Hall–Kier alpha value is -1.35. The molecule has 0 aliphatic carbocycles. The van der Waals surface area contributed by atoms with Crippen LogP contribution in [-0.2, 0) is 14.8 Å². The number of hydrogen-bond donors (Lipinski definition) is 1. The lowest BCUT2D eigenvalue weighted by atomic mass is 10.0. The number of halogens is 1. The average molecular weight is 406 g/mol. The minimum atomic E-state index is -3.59. The lowest BCUT2D eigenvalue weighted by Gasteiger charge is -2.26. The van der Waals surface area contributed by atoms with Gasteiger partial charge in [-0.25, -0.2) is 8.42 Å². The first-order chi connectivity index (χ1) is 11.8. The molecule has 7 nitrogen and oxygen atoms in total. The van der Waals surface area contributed by atoms with Gasteiger partial charge in [-0.05, 0) is 36.6 Å². The van der Waals surface area contributed by atoms with Gasteiger partial charge in [0.15, 0.2) is 0 Å². The van der Waals surface area contributed by atoms with Crippen LogP contribution >= 0.6 is 12.4 Å². The molecule has 9 heteroatoms. The molecular formula is C17H28ClN3O4S. The summed E-state index contributed by atoms with van der Waals surface area (Å²) >= 11 is 0. The normalized spacial score (nSPS) is 17.3. The SMILES string of the molecule is COc1ccc(S(=O)(=O)N2CCCN(C(=O)[C@@H](N)C(C)C)CC2)cc1.Cl. The molecule has 0 bridgehead atoms. The Kier molecular flexibility index (Phi) is 8.33. The Labute approximate surface area is 161 Å². The number of methoxy groups -OCH3 is 1. The van der Waals surface area contributed by atoms with E-state index in [1.807, 2.05) is 13.8 Å². The molecule has 2 N–H and O–H groups in total. The van der Waals surface area contributed by atoms with Gasteiger partial charge in [-0.3, -0.25) is 4.79 Å². The predicted molar refractivity (Wildman–Crippen MR) is 103 cm³/mol. The standard InChI is InChI=1S/C17H27N3O4S.ClH/c1-13(2)16(18)17(21)19-9-4-10-20(12-11-19)25(22,23)15-7-5-14(24-3)6-8-15;/h5-8,13,16H,4,9-12,18H2,1-3H3;1H/t16-;/m0./s1. The van der Waals surface area contributed by atoms with E-state index in [1.165, 1.54) is 23.5 Å². The van der Waals surface area contributed by atoms with Gasteiger partial charge in [0.25, 0.3) is 0 Å². The fourth-order valence-corrected chi connectivity index (χ4v) is 4.22. The molecule has 0 spiro atoms. The highest BCUT2D eigenvalue weighted by molar-refractivity contribution is 7.89. The lowest BCUT2D eigenvalue weighted by Crippen LogP contribution is -2.47. The van der Waals surface area contributed by atoms with Crippen molar-refractivity contribution in [2.24, 2.45) is 11.7 Å². The molecule has 1 aromatic rings. The van der Waals surface area contributed by atoms with Crippen LogP contribution in [0.5, 0.6) is 5.75 Å². The molecule has 0 unspecified atom stereocenters. The Balaban J connectivity index is 0.00000338. The highest BCUT2D eigenvalue weighted by atomic mass is 35.5. The summed E-state index contributed by atoms with van der Waals surface area (Å²) in [4.78, 5) is 14.3. The number of carbonyl (C=O) groups excluding carboxylic acids is 1. The van der Waals surface area contributed by atoms with Crippen molar-refractivity contribution in [3.63, 3.8) is 0 Å². The van der Waals surface area contributed by atoms with Crippen LogP contribution in [0.4, 0.5) is 0 Å². The van der Waals surface area contributed by atoms with E-state index in [4.69, 9.17) is 10.5 Å². The van der Waals surface area contributed by atoms with Gasteiger partial charge in [0.2, 0.25) is 15.9 Å². The second-order valence-electron chi connectivity index (χ2n) is 6.53. The van der Waals surface area contributed by atoms with Crippen molar-refractivity contribution >= 4 is 28.3 Å². The third-order valence-corrected chi connectivity index (χ3v) is 6.38. The fraction of sp³-hybridized carbons (Fsp3) is 0.588. The summed E-state index contributed by atoms with van der Waals surface area (Å²) in [5.41, 5.74) is 5.95. The van der Waals surface area contributed by atoms with Crippen molar-refractivity contribution in [1.29, 1.82) is 0 Å². The molecule has 1 aliphatic heterocycles. The van der Waals surface area contributed by atoms with Crippen molar-refractivity contribution in [2.45, 2.75) is 31.2 Å². The number of amides is 1. The number of hydrogen-bond acceptors (Lipinski definition) is 5. The monoisotopic (exact) mass is 405 g/mol. The Morgan fingerprint density at radius 3 is 2.27 bits per heavy atom. The van der Waals surface area contributed by atoms with Crippen LogP contribution in [0.1, 0.15) is 20.3 Å². The Bertz CT molecular complexity index is 694. The molecule has 0 saturated carbocycles. The number of benzene rings is 1. The summed E-state index contributed by atoms with van der Waals surface area (Å²) < 4.78 is 32.1. The summed E-state index contributed by atoms with van der Waals surface area (Å²) in [5, 5.41) is 0. The van der Waals surface area contributed by atoms with Gasteiger partial charge in [0.1, 0.15) is 5.75 Å². The largest absolute Gasteiger partial charge is 0.497 e. The summed E-state index contributed by atoms with van der Waals surface area (Å²) in [6.45, 7) is 5.34. The van der Waals surface area contributed by atoms with Gasteiger partial charge in [-0.1, -0.05) is 13.8 Å². The summed E-state index contributed by atoms with van der Waals surface area (Å²) in [7, 11) is -2.05. The van der Waals surface area contributed by atoms with E-state index in [0.717, 1.165) is 0 Å². The summed E-state index contributed by atoms with van der Waals surface area (Å²) in [6, 6.07) is 5.78. The zero-order valence-corrected chi connectivity index (χ0v) is 17.1. The predicted octanol–water partition coefficient (Wildman–Crippen LogP) is 1.32. The number of carbonyl (C=O) groups is 1. The second kappa shape index (κ2) is 9.55. The fourth-order valence-electron chi connectivity index (χ4n) is 2.75. The van der Waals surface area contributed by atoms with E-state index < -0.39 is 16.1 Å². The Morgan fingerprint density at radius 1 is 1.12 bits per heavy atom. The van der Waals surface area contributed by atoms with Crippen LogP contribution < -0.4 is 10.5 Å². The van der Waals surface area contributed by atoms with Crippen LogP contribution in [0.2, 0.25) is 0 Å².